The van der Waals surface area contributed by atoms with Crippen LogP contribution in [0.4, 0.5) is 26.7 Å². The number of alkyl halides is 3. The monoisotopic (exact) mass is 728 g/mol. The van der Waals surface area contributed by atoms with Gasteiger partial charge in [0.05, 0.1) is 43.3 Å². The van der Waals surface area contributed by atoms with E-state index in [1.54, 1.807) is 51.1 Å². The van der Waals surface area contributed by atoms with E-state index in [1.807, 2.05) is 0 Å². The summed E-state index contributed by atoms with van der Waals surface area (Å²) < 4.78 is 86.3. The zero-order chi connectivity index (χ0) is 38.1. The van der Waals surface area contributed by atoms with Crippen LogP contribution < -0.4 is 21.3 Å². The molecule has 1 saturated heterocycles. The minimum Gasteiger partial charge on any atom is -0.484 e. The lowest BCUT2D eigenvalue weighted by Crippen LogP contribution is -2.55. The zero-order valence-corrected chi connectivity index (χ0v) is 29.0. The van der Waals surface area contributed by atoms with Crippen LogP contribution in [0.1, 0.15) is 56.1 Å². The lowest BCUT2D eigenvalue weighted by Gasteiger charge is -2.38. The Morgan fingerprint density at radius 1 is 0.923 bits per heavy atom. The van der Waals surface area contributed by atoms with Crippen LogP contribution in [0.2, 0.25) is 0 Å². The number of hydrogen-bond donors (Lipinski definition) is 1. The van der Waals surface area contributed by atoms with Crippen LogP contribution in [0, 0.1) is 18.6 Å². The van der Waals surface area contributed by atoms with Crippen molar-refractivity contribution in [1.82, 2.24) is 19.4 Å². The van der Waals surface area contributed by atoms with Crippen molar-refractivity contribution in [2.24, 2.45) is 0 Å². The first-order valence-electron chi connectivity index (χ1n) is 16.3. The van der Waals surface area contributed by atoms with Gasteiger partial charge in [0.25, 0.3) is 5.56 Å². The molecule has 3 aromatic carbocycles. The number of likely N-dealkylation sites (tertiary alicyclic amines) is 1. The second-order valence-electron chi connectivity index (χ2n) is 13.4. The molecule has 0 bridgehead atoms. The molecule has 1 aliphatic rings. The quantitative estimate of drug-likeness (QED) is 0.206. The number of aromatic nitrogens is 2. The smallest absolute Gasteiger partial charge is 0.416 e. The summed E-state index contributed by atoms with van der Waals surface area (Å²) >= 11 is 0. The SMILES string of the molecule is CC(=O)N1CC(Oc2cccc(-c3c(C)n(Cc4c(F)cccc4C(F)(F)F)c(=O)n(C[C@H](NC(=O)OC(C)(C)C)c4ccccc4)c3=O)c2F)C1. The van der Waals surface area contributed by atoms with Gasteiger partial charge in [0.1, 0.15) is 17.5 Å². The maximum absolute atomic E-state index is 16.3. The van der Waals surface area contributed by atoms with Crippen molar-refractivity contribution in [3.63, 3.8) is 0 Å². The summed E-state index contributed by atoms with van der Waals surface area (Å²) in [6.07, 6.45) is -6.44. The molecule has 10 nitrogen and oxygen atoms in total. The van der Waals surface area contributed by atoms with Crippen LogP contribution in [0.15, 0.2) is 76.3 Å². The van der Waals surface area contributed by atoms with Crippen molar-refractivity contribution in [1.29, 1.82) is 0 Å². The highest BCUT2D eigenvalue weighted by Gasteiger charge is 2.36. The van der Waals surface area contributed by atoms with Gasteiger partial charge < -0.3 is 19.7 Å². The Labute approximate surface area is 295 Å². The van der Waals surface area contributed by atoms with Crippen LogP contribution in [-0.4, -0.2) is 50.8 Å². The number of carbonyl (C=O) groups is 2. The summed E-state index contributed by atoms with van der Waals surface area (Å²) in [6.45, 7) is 6.37. The van der Waals surface area contributed by atoms with Crippen molar-refractivity contribution in [3.8, 4) is 16.9 Å². The third-order valence-electron chi connectivity index (χ3n) is 8.51. The van der Waals surface area contributed by atoms with Gasteiger partial charge in [0, 0.05) is 23.7 Å². The predicted molar refractivity (Wildman–Crippen MR) is 181 cm³/mol. The van der Waals surface area contributed by atoms with Gasteiger partial charge in [-0.15, -0.1) is 0 Å². The molecule has 2 amide bonds. The number of hydrogen-bond acceptors (Lipinski definition) is 6. The molecule has 276 valence electrons. The molecule has 1 N–H and O–H groups in total. The summed E-state index contributed by atoms with van der Waals surface area (Å²) in [5, 5.41) is 2.64. The molecule has 1 aromatic heterocycles. The molecular weight excluding hydrogens is 691 g/mol. The van der Waals surface area contributed by atoms with E-state index in [0.29, 0.717) is 16.2 Å². The molecular formula is C37H37F5N4O6. The van der Waals surface area contributed by atoms with E-state index in [0.717, 1.165) is 16.7 Å². The van der Waals surface area contributed by atoms with E-state index in [2.05, 4.69) is 5.32 Å². The average Bonchev–Trinajstić information content (AvgIpc) is 3.03. The van der Waals surface area contributed by atoms with Crippen LogP contribution >= 0.6 is 0 Å². The highest BCUT2D eigenvalue weighted by molar-refractivity contribution is 5.74. The third-order valence-corrected chi connectivity index (χ3v) is 8.51. The first-order valence-corrected chi connectivity index (χ1v) is 16.3. The first-order chi connectivity index (χ1) is 24.4. The Morgan fingerprint density at radius 3 is 2.19 bits per heavy atom. The predicted octanol–water partition coefficient (Wildman–Crippen LogP) is 6.21. The molecule has 0 spiro atoms. The Bertz CT molecular complexity index is 2100. The molecule has 0 unspecified atom stereocenters. The first kappa shape index (κ1) is 37.8. The minimum absolute atomic E-state index is 0.189. The number of halogens is 5. The van der Waals surface area contributed by atoms with Gasteiger partial charge in [-0.1, -0.05) is 48.5 Å². The van der Waals surface area contributed by atoms with Crippen LogP contribution in [0.5, 0.6) is 5.75 Å². The lowest BCUT2D eigenvalue weighted by atomic mass is 10.0. The number of amides is 2. The van der Waals surface area contributed by atoms with Gasteiger partial charge in [-0.05, 0) is 51.5 Å². The van der Waals surface area contributed by atoms with Crippen molar-refractivity contribution in [2.75, 3.05) is 13.1 Å². The minimum atomic E-state index is -5.00. The molecule has 1 fully saturated rings. The maximum atomic E-state index is 16.3. The van der Waals surface area contributed by atoms with E-state index in [-0.39, 0.29) is 36.0 Å². The molecule has 2 heterocycles. The lowest BCUT2D eigenvalue weighted by molar-refractivity contribution is -0.138. The summed E-state index contributed by atoms with van der Waals surface area (Å²) in [6, 6.07) is 13.4. The molecule has 1 aliphatic heterocycles. The largest absolute Gasteiger partial charge is 0.484 e. The molecule has 15 heteroatoms. The fourth-order valence-corrected chi connectivity index (χ4v) is 5.90. The van der Waals surface area contributed by atoms with Crippen LogP contribution in [-0.2, 0) is 28.8 Å². The Morgan fingerprint density at radius 2 is 1.58 bits per heavy atom. The molecule has 0 radical (unpaired) electrons. The summed E-state index contributed by atoms with van der Waals surface area (Å²) in [5.41, 5.74) is -5.87. The highest BCUT2D eigenvalue weighted by atomic mass is 19.4. The second-order valence-corrected chi connectivity index (χ2v) is 13.4. The van der Waals surface area contributed by atoms with Gasteiger partial charge in [0.2, 0.25) is 5.91 Å². The molecule has 0 saturated carbocycles. The zero-order valence-electron chi connectivity index (χ0n) is 29.0. The molecule has 5 rings (SSSR count). The van der Waals surface area contributed by atoms with Crippen LogP contribution in [0.3, 0.4) is 0 Å². The molecule has 52 heavy (non-hydrogen) atoms. The number of benzene rings is 3. The highest BCUT2D eigenvalue weighted by Crippen LogP contribution is 2.35. The van der Waals surface area contributed by atoms with E-state index in [1.165, 1.54) is 36.9 Å². The van der Waals surface area contributed by atoms with E-state index >= 15 is 8.78 Å². The van der Waals surface area contributed by atoms with Gasteiger partial charge in [0.15, 0.2) is 11.6 Å². The van der Waals surface area contributed by atoms with Gasteiger partial charge in [-0.2, -0.15) is 13.2 Å². The Hall–Kier alpha value is -5.47. The maximum Gasteiger partial charge on any atom is 0.416 e. The number of alkyl carbamates (subject to hydrolysis) is 1. The number of nitrogens with one attached hydrogen (secondary N) is 1. The summed E-state index contributed by atoms with van der Waals surface area (Å²) in [4.78, 5) is 54.6. The number of nitrogens with zero attached hydrogens (tertiary/aromatic N) is 3. The van der Waals surface area contributed by atoms with Crippen LogP contribution in [0.25, 0.3) is 11.1 Å². The standard InChI is InChI=1S/C37H37F5N4O6/c1-21-31(25-13-9-16-30(32(25)39)51-24-17-44(18-24)22(2)47)33(48)46(20-29(23-11-7-6-8-12-23)43-34(49)52-36(3,4)5)35(50)45(21)19-26-27(37(40,41)42)14-10-15-28(26)38/h6-16,24,29H,17-20H2,1-5H3,(H,43,49)/t29-/m0/s1. The topological polar surface area (TPSA) is 112 Å². The van der Waals surface area contributed by atoms with Gasteiger partial charge in [-0.25, -0.2) is 18.4 Å². The van der Waals surface area contributed by atoms with Gasteiger partial charge in [-0.3, -0.25) is 18.7 Å². The second kappa shape index (κ2) is 14.6. The normalized spacial score (nSPS) is 14.1. The van der Waals surface area contributed by atoms with Crippen molar-refractivity contribution < 1.29 is 41.0 Å². The Balaban J connectivity index is 1.69. The number of ether oxygens (including phenoxy) is 2. The third kappa shape index (κ3) is 8.19. The summed E-state index contributed by atoms with van der Waals surface area (Å²) in [5.74, 6) is -2.72. The molecule has 0 aliphatic carbocycles. The molecule has 1 atom stereocenters. The van der Waals surface area contributed by atoms with E-state index in [9.17, 15) is 32.3 Å². The van der Waals surface area contributed by atoms with E-state index < -0.39 is 82.7 Å². The van der Waals surface area contributed by atoms with Crippen molar-refractivity contribution in [2.45, 2.75) is 71.6 Å². The Kier molecular flexibility index (Phi) is 10.6. The van der Waals surface area contributed by atoms with Crippen molar-refractivity contribution >= 4 is 12.0 Å². The van der Waals surface area contributed by atoms with E-state index in [4.69, 9.17) is 9.47 Å². The fraction of sp³-hybridized carbons (Fsp3) is 0.351. The average molecular weight is 729 g/mol. The number of carbonyl (C=O) groups excluding carboxylic acids is 2. The van der Waals surface area contributed by atoms with Gasteiger partial charge >= 0.3 is 18.0 Å². The number of rotatable bonds is 9. The molecule has 4 aromatic rings. The summed E-state index contributed by atoms with van der Waals surface area (Å²) in [7, 11) is 0. The van der Waals surface area contributed by atoms with Crippen molar-refractivity contribution in [3.05, 3.63) is 122 Å². The fourth-order valence-electron chi connectivity index (χ4n) is 5.90.